The van der Waals surface area contributed by atoms with Crippen molar-refractivity contribution < 1.29 is 18.4 Å². The van der Waals surface area contributed by atoms with Crippen molar-refractivity contribution >= 4 is 11.0 Å². The van der Waals surface area contributed by atoms with Gasteiger partial charge >= 0.3 is 16.9 Å². The van der Waals surface area contributed by atoms with E-state index in [1.165, 1.54) is 7.11 Å². The van der Waals surface area contributed by atoms with Crippen molar-refractivity contribution in [2.75, 3.05) is 7.11 Å². The van der Waals surface area contributed by atoms with E-state index in [1.54, 1.807) is 24.3 Å². The van der Waals surface area contributed by atoms with Crippen molar-refractivity contribution in [1.29, 1.82) is 0 Å². The average molecular weight is 261 g/mol. The molecule has 0 aliphatic heterocycles. The van der Waals surface area contributed by atoms with E-state index in [4.69, 9.17) is 9.15 Å². The summed E-state index contributed by atoms with van der Waals surface area (Å²) in [4.78, 5) is 22.8. The van der Waals surface area contributed by atoms with E-state index >= 15 is 0 Å². The SMILES string of the molecule is COc1ccc2cc(-[n+]3cc(=O)o[nH]3)c(=O)oc2c1. The lowest BCUT2D eigenvalue weighted by Gasteiger charge is -2.00. The minimum atomic E-state index is -0.595. The predicted octanol–water partition coefficient (Wildman–Crippen LogP) is 0.360. The number of methoxy groups -OCH3 is 1. The second kappa shape index (κ2) is 4.13. The molecule has 0 spiro atoms. The number of hydrogen-bond donors (Lipinski definition) is 1. The fourth-order valence-electron chi connectivity index (χ4n) is 1.75. The first-order valence-electron chi connectivity index (χ1n) is 5.40. The summed E-state index contributed by atoms with van der Waals surface area (Å²) in [6.07, 6.45) is 1.11. The van der Waals surface area contributed by atoms with Gasteiger partial charge in [-0.25, -0.2) is 9.59 Å². The van der Waals surface area contributed by atoms with E-state index in [1.807, 2.05) is 0 Å². The van der Waals surface area contributed by atoms with Crippen LogP contribution in [0.1, 0.15) is 0 Å². The quantitative estimate of drug-likeness (QED) is 0.531. The molecule has 0 saturated carbocycles. The highest BCUT2D eigenvalue weighted by molar-refractivity contribution is 5.79. The van der Waals surface area contributed by atoms with E-state index in [-0.39, 0.29) is 5.69 Å². The topological polar surface area (TPSA) is 89.3 Å². The Labute approximate surface area is 105 Å². The summed E-state index contributed by atoms with van der Waals surface area (Å²) in [5.74, 6) is 0.591. The summed E-state index contributed by atoms with van der Waals surface area (Å²) >= 11 is 0. The molecule has 0 fully saturated rings. The number of aromatic amines is 1. The Balaban J connectivity index is 2.25. The standard InChI is InChI=1S/C12H8N2O5/c1-17-8-3-2-7-4-9(12(16)18-10(7)5-8)14-6-11(15)19-13-14/h2-6H,1H3/p+1. The van der Waals surface area contributed by atoms with Gasteiger partial charge in [-0.15, -0.1) is 0 Å². The molecule has 3 rings (SSSR count). The minimum absolute atomic E-state index is 0.156. The zero-order valence-corrected chi connectivity index (χ0v) is 9.88. The Kier molecular flexibility index (Phi) is 2.45. The molecule has 2 aromatic heterocycles. The third-order valence-electron chi connectivity index (χ3n) is 2.66. The van der Waals surface area contributed by atoms with Gasteiger partial charge in [0, 0.05) is 17.5 Å². The van der Waals surface area contributed by atoms with Crippen LogP contribution in [-0.4, -0.2) is 12.4 Å². The van der Waals surface area contributed by atoms with Crippen LogP contribution in [-0.2, 0) is 0 Å². The van der Waals surface area contributed by atoms with Crippen LogP contribution >= 0.6 is 0 Å². The number of ether oxygens (including phenoxy) is 1. The maximum atomic E-state index is 11.9. The fraction of sp³-hybridized carbons (Fsp3) is 0.0833. The lowest BCUT2D eigenvalue weighted by Crippen LogP contribution is -2.37. The van der Waals surface area contributed by atoms with E-state index in [9.17, 15) is 9.59 Å². The average Bonchev–Trinajstić information content (AvgIpc) is 2.83. The fourth-order valence-corrected chi connectivity index (χ4v) is 1.75. The van der Waals surface area contributed by atoms with Gasteiger partial charge in [-0.2, -0.15) is 0 Å². The first kappa shape index (κ1) is 11.3. The van der Waals surface area contributed by atoms with Gasteiger partial charge in [0.2, 0.25) is 0 Å². The molecule has 0 amide bonds. The highest BCUT2D eigenvalue weighted by Crippen LogP contribution is 2.19. The molecule has 1 aromatic carbocycles. The summed E-state index contributed by atoms with van der Waals surface area (Å²) in [5.41, 5.74) is -0.625. The number of benzene rings is 1. The Morgan fingerprint density at radius 1 is 1.26 bits per heavy atom. The van der Waals surface area contributed by atoms with Gasteiger partial charge in [0.1, 0.15) is 11.3 Å². The molecule has 0 aliphatic carbocycles. The summed E-state index contributed by atoms with van der Waals surface area (Å²) < 4.78 is 15.9. The van der Waals surface area contributed by atoms with Crippen LogP contribution in [0.15, 0.2) is 49.0 Å². The zero-order valence-electron chi connectivity index (χ0n) is 9.88. The van der Waals surface area contributed by atoms with Crippen LogP contribution in [0.25, 0.3) is 16.7 Å². The maximum Gasteiger partial charge on any atom is 0.427 e. The molecule has 1 N–H and O–H groups in total. The van der Waals surface area contributed by atoms with Crippen LogP contribution in [0, 0.1) is 0 Å². The molecule has 0 saturated heterocycles. The molecule has 3 aromatic rings. The Morgan fingerprint density at radius 3 is 2.79 bits per heavy atom. The smallest absolute Gasteiger partial charge is 0.427 e. The minimum Gasteiger partial charge on any atom is -0.497 e. The van der Waals surface area contributed by atoms with Gasteiger partial charge in [-0.1, -0.05) is 0 Å². The predicted molar refractivity (Wildman–Crippen MR) is 63.5 cm³/mol. The second-order valence-corrected chi connectivity index (χ2v) is 3.83. The molecular formula is C12H9N2O5+. The number of H-pyrrole nitrogens is 1. The number of rotatable bonds is 2. The Bertz CT molecular complexity index is 858. The third kappa shape index (κ3) is 1.90. The van der Waals surface area contributed by atoms with Crippen molar-refractivity contribution in [3.8, 4) is 11.4 Å². The summed E-state index contributed by atoms with van der Waals surface area (Å²) in [5, 5.41) is 2.99. The highest BCUT2D eigenvalue weighted by atomic mass is 16.5. The van der Waals surface area contributed by atoms with E-state index in [2.05, 4.69) is 9.79 Å². The molecule has 0 bridgehead atoms. The molecule has 0 atom stereocenters. The molecule has 0 radical (unpaired) electrons. The lowest BCUT2D eigenvalue weighted by atomic mass is 10.2. The van der Waals surface area contributed by atoms with Crippen LogP contribution in [0.2, 0.25) is 0 Å². The third-order valence-corrected chi connectivity index (χ3v) is 2.66. The van der Waals surface area contributed by atoms with E-state index < -0.39 is 11.3 Å². The normalized spacial score (nSPS) is 10.8. The second-order valence-electron chi connectivity index (χ2n) is 3.83. The van der Waals surface area contributed by atoms with E-state index in [0.29, 0.717) is 16.7 Å². The zero-order chi connectivity index (χ0) is 13.4. The number of fused-ring (bicyclic) bond motifs is 1. The number of hydrogen-bond acceptors (Lipinski definition) is 5. The molecule has 7 nitrogen and oxygen atoms in total. The van der Waals surface area contributed by atoms with Crippen LogP contribution < -0.4 is 20.7 Å². The van der Waals surface area contributed by atoms with Gasteiger partial charge in [0.25, 0.3) is 6.20 Å². The molecule has 0 aliphatic rings. The van der Waals surface area contributed by atoms with Crippen LogP contribution in [0.3, 0.4) is 0 Å². The summed E-state index contributed by atoms with van der Waals surface area (Å²) in [6, 6.07) is 6.70. The van der Waals surface area contributed by atoms with Gasteiger partial charge in [0.15, 0.2) is 0 Å². The molecule has 0 unspecified atom stereocenters. The lowest BCUT2D eigenvalue weighted by molar-refractivity contribution is -0.671. The van der Waals surface area contributed by atoms with Gasteiger partial charge in [-0.05, 0) is 22.1 Å². The van der Waals surface area contributed by atoms with Crippen molar-refractivity contribution in [3.63, 3.8) is 0 Å². The first-order valence-corrected chi connectivity index (χ1v) is 5.40. The first-order chi connectivity index (χ1) is 9.17. The van der Waals surface area contributed by atoms with Crippen molar-refractivity contribution in [1.82, 2.24) is 5.27 Å². The molecular weight excluding hydrogens is 252 g/mol. The molecule has 19 heavy (non-hydrogen) atoms. The number of aromatic nitrogens is 2. The molecule has 2 heterocycles. The number of nitrogens with one attached hydrogen (secondary N) is 1. The largest absolute Gasteiger partial charge is 0.497 e. The van der Waals surface area contributed by atoms with Gasteiger partial charge in [0.05, 0.1) is 7.11 Å². The molecule has 96 valence electrons. The van der Waals surface area contributed by atoms with Gasteiger partial charge in [-0.3, -0.25) is 4.52 Å². The Hall–Kier alpha value is -2.83. The highest BCUT2D eigenvalue weighted by Gasteiger charge is 2.18. The van der Waals surface area contributed by atoms with Crippen molar-refractivity contribution in [3.05, 3.63) is 51.3 Å². The van der Waals surface area contributed by atoms with Crippen LogP contribution in [0.4, 0.5) is 0 Å². The maximum absolute atomic E-state index is 11.9. The summed E-state index contributed by atoms with van der Waals surface area (Å²) in [7, 11) is 1.53. The van der Waals surface area contributed by atoms with Crippen molar-refractivity contribution in [2.45, 2.75) is 0 Å². The number of nitrogens with zero attached hydrogens (tertiary/aromatic N) is 1. The van der Waals surface area contributed by atoms with E-state index in [0.717, 1.165) is 10.9 Å². The van der Waals surface area contributed by atoms with Crippen molar-refractivity contribution in [2.24, 2.45) is 0 Å². The Morgan fingerprint density at radius 2 is 2.11 bits per heavy atom. The van der Waals surface area contributed by atoms with Gasteiger partial charge < -0.3 is 9.15 Å². The molecule has 7 heteroatoms. The summed E-state index contributed by atoms with van der Waals surface area (Å²) in [6.45, 7) is 0. The monoisotopic (exact) mass is 261 g/mol. The van der Waals surface area contributed by atoms with Crippen LogP contribution in [0.5, 0.6) is 5.75 Å².